The van der Waals surface area contributed by atoms with Crippen molar-refractivity contribution in [3.05, 3.63) is 35.0 Å². The average Bonchev–Trinajstić information content (AvgIpc) is 2.66. The third-order valence-electron chi connectivity index (χ3n) is 3.27. The number of rotatable bonds is 5. The topological polar surface area (TPSA) is 30.9 Å². The fourth-order valence-corrected chi connectivity index (χ4v) is 2.40. The van der Waals surface area contributed by atoms with Crippen LogP contribution in [0.1, 0.15) is 18.9 Å². The first-order valence-electron chi connectivity index (χ1n) is 6.32. The third-order valence-corrected chi connectivity index (χ3v) is 3.50. The van der Waals surface area contributed by atoms with Crippen LogP contribution >= 0.6 is 11.6 Å². The summed E-state index contributed by atoms with van der Waals surface area (Å²) in [5.74, 6) is 0. The summed E-state index contributed by atoms with van der Waals surface area (Å²) >= 11 is 5.94. The summed E-state index contributed by atoms with van der Waals surface area (Å²) < 4.78 is 26.8. The predicted molar refractivity (Wildman–Crippen MR) is 74.9 cm³/mol. The van der Waals surface area contributed by atoms with Gasteiger partial charge in [0.05, 0.1) is 6.54 Å². The highest BCUT2D eigenvalue weighted by atomic mass is 35.5. The zero-order chi connectivity index (χ0) is 14.0. The molecule has 0 fully saturated rings. The van der Waals surface area contributed by atoms with E-state index in [1.165, 1.54) is 0 Å². The second-order valence-electron chi connectivity index (χ2n) is 4.73. The van der Waals surface area contributed by atoms with Crippen LogP contribution in [0, 0.1) is 0 Å². The Morgan fingerprint density at radius 3 is 2.74 bits per heavy atom. The van der Waals surface area contributed by atoms with Crippen LogP contribution in [-0.2, 0) is 13.0 Å². The maximum Gasteiger partial charge on any atom is 0.256 e. The first kappa shape index (κ1) is 14.3. The molecule has 1 unspecified atom stereocenters. The summed E-state index contributed by atoms with van der Waals surface area (Å²) in [5, 5.41) is 1.50. The molecular formula is C14H17ClF2N2. The lowest BCUT2D eigenvalue weighted by Gasteiger charge is -2.06. The molecule has 0 saturated heterocycles. The van der Waals surface area contributed by atoms with Gasteiger partial charge in [-0.25, -0.2) is 8.78 Å². The Bertz CT molecular complexity index is 566. The van der Waals surface area contributed by atoms with Crippen LogP contribution in [0.2, 0.25) is 5.02 Å². The summed E-state index contributed by atoms with van der Waals surface area (Å²) in [7, 11) is 0. The number of fused-ring (bicyclic) bond motifs is 1. The molecule has 0 saturated carbocycles. The zero-order valence-electron chi connectivity index (χ0n) is 10.7. The van der Waals surface area contributed by atoms with Crippen molar-refractivity contribution in [3.8, 4) is 0 Å². The molecule has 5 heteroatoms. The highest BCUT2D eigenvalue weighted by Crippen LogP contribution is 2.26. The van der Waals surface area contributed by atoms with Gasteiger partial charge in [0, 0.05) is 28.2 Å². The Balaban J connectivity index is 2.46. The molecule has 2 N–H and O–H groups in total. The zero-order valence-corrected chi connectivity index (χ0v) is 11.5. The maximum atomic E-state index is 12.6. The minimum absolute atomic E-state index is 0.0429. The van der Waals surface area contributed by atoms with E-state index in [9.17, 15) is 8.78 Å². The van der Waals surface area contributed by atoms with Crippen LogP contribution in [0.25, 0.3) is 10.9 Å². The smallest absolute Gasteiger partial charge is 0.256 e. The molecule has 0 radical (unpaired) electrons. The van der Waals surface area contributed by atoms with Crippen LogP contribution in [0.15, 0.2) is 24.4 Å². The SMILES string of the molecule is CCC(N)Cc1cn(CC(F)F)c2cc(Cl)ccc12. The predicted octanol–water partition coefficient (Wildman–Crippen LogP) is 3.84. The fourth-order valence-electron chi connectivity index (χ4n) is 2.23. The highest BCUT2D eigenvalue weighted by Gasteiger charge is 2.14. The molecule has 1 atom stereocenters. The van der Waals surface area contributed by atoms with Crippen LogP contribution in [0.4, 0.5) is 8.78 Å². The largest absolute Gasteiger partial charge is 0.341 e. The van der Waals surface area contributed by atoms with Crippen LogP contribution in [0.3, 0.4) is 0 Å². The summed E-state index contributed by atoms with van der Waals surface area (Å²) in [6, 6.07) is 5.41. The van der Waals surface area contributed by atoms with Crippen molar-refractivity contribution in [1.82, 2.24) is 4.57 Å². The lowest BCUT2D eigenvalue weighted by Crippen LogP contribution is -2.21. The van der Waals surface area contributed by atoms with Crippen molar-refractivity contribution in [2.24, 2.45) is 5.73 Å². The standard InChI is InChI=1S/C14H17ClF2N2/c1-2-11(18)5-9-7-19(8-14(16)17)13-6-10(15)3-4-12(9)13/h3-4,6-7,11,14H,2,5,8,18H2,1H3. The molecule has 1 aromatic carbocycles. The Labute approximate surface area is 116 Å². The van der Waals surface area contributed by atoms with E-state index < -0.39 is 6.43 Å². The van der Waals surface area contributed by atoms with Gasteiger partial charge in [0.1, 0.15) is 0 Å². The van der Waals surface area contributed by atoms with Gasteiger partial charge in [0.25, 0.3) is 6.43 Å². The molecule has 2 aromatic rings. The molecule has 2 nitrogen and oxygen atoms in total. The average molecular weight is 287 g/mol. The van der Waals surface area contributed by atoms with Crippen LogP contribution in [0.5, 0.6) is 0 Å². The number of benzene rings is 1. The van der Waals surface area contributed by atoms with E-state index in [4.69, 9.17) is 17.3 Å². The molecule has 1 heterocycles. The molecule has 0 aliphatic heterocycles. The van der Waals surface area contributed by atoms with Gasteiger partial charge in [-0.2, -0.15) is 0 Å². The number of nitrogens with zero attached hydrogens (tertiary/aromatic N) is 1. The second-order valence-corrected chi connectivity index (χ2v) is 5.17. The van der Waals surface area contributed by atoms with Crippen molar-refractivity contribution in [1.29, 1.82) is 0 Å². The number of hydrogen-bond donors (Lipinski definition) is 1. The van der Waals surface area contributed by atoms with Gasteiger partial charge >= 0.3 is 0 Å². The Kier molecular flexibility index (Phi) is 4.42. The van der Waals surface area contributed by atoms with E-state index >= 15 is 0 Å². The number of halogens is 3. The van der Waals surface area contributed by atoms with Gasteiger partial charge in [-0.15, -0.1) is 0 Å². The molecule has 1 aromatic heterocycles. The summed E-state index contributed by atoms with van der Waals surface area (Å²) in [4.78, 5) is 0. The van der Waals surface area contributed by atoms with Crippen molar-refractivity contribution in [2.45, 2.75) is 38.8 Å². The van der Waals surface area contributed by atoms with Crippen molar-refractivity contribution in [2.75, 3.05) is 0 Å². The fraction of sp³-hybridized carbons (Fsp3) is 0.429. The summed E-state index contributed by atoms with van der Waals surface area (Å²) in [6.45, 7) is 1.69. The second kappa shape index (κ2) is 5.88. The van der Waals surface area contributed by atoms with Crippen molar-refractivity contribution in [3.63, 3.8) is 0 Å². The normalized spacial score (nSPS) is 13.4. The van der Waals surface area contributed by atoms with Gasteiger partial charge in [-0.3, -0.25) is 0 Å². The molecule has 0 aliphatic rings. The molecular weight excluding hydrogens is 270 g/mol. The molecule has 19 heavy (non-hydrogen) atoms. The molecule has 0 spiro atoms. The van der Waals surface area contributed by atoms with E-state index in [1.807, 2.05) is 13.0 Å². The lowest BCUT2D eigenvalue weighted by molar-refractivity contribution is 0.128. The highest BCUT2D eigenvalue weighted by molar-refractivity contribution is 6.31. The third kappa shape index (κ3) is 3.25. The molecule has 0 aliphatic carbocycles. The number of nitrogens with two attached hydrogens (primary N) is 1. The van der Waals surface area contributed by atoms with Gasteiger partial charge < -0.3 is 10.3 Å². The number of aromatic nitrogens is 1. The maximum absolute atomic E-state index is 12.6. The van der Waals surface area contributed by atoms with Crippen molar-refractivity contribution < 1.29 is 8.78 Å². The Morgan fingerprint density at radius 1 is 1.37 bits per heavy atom. The Hall–Kier alpha value is -1.13. The molecule has 104 valence electrons. The van der Waals surface area contributed by atoms with Gasteiger partial charge in [-0.05, 0) is 30.5 Å². The van der Waals surface area contributed by atoms with Crippen LogP contribution in [-0.4, -0.2) is 17.0 Å². The van der Waals surface area contributed by atoms with E-state index in [1.54, 1.807) is 22.9 Å². The molecule has 2 rings (SSSR count). The monoisotopic (exact) mass is 286 g/mol. The molecule has 0 bridgehead atoms. The van der Waals surface area contributed by atoms with E-state index in [-0.39, 0.29) is 12.6 Å². The van der Waals surface area contributed by atoms with Gasteiger partial charge in [-0.1, -0.05) is 24.6 Å². The quantitative estimate of drug-likeness (QED) is 0.889. The van der Waals surface area contributed by atoms with Crippen LogP contribution < -0.4 is 5.73 Å². The minimum atomic E-state index is -2.39. The van der Waals surface area contributed by atoms with E-state index in [0.29, 0.717) is 11.4 Å². The first-order valence-corrected chi connectivity index (χ1v) is 6.70. The Morgan fingerprint density at radius 2 is 2.11 bits per heavy atom. The summed E-state index contributed by atoms with van der Waals surface area (Å²) in [5.41, 5.74) is 7.70. The number of alkyl halides is 2. The summed E-state index contributed by atoms with van der Waals surface area (Å²) in [6.07, 6.45) is 0.921. The number of hydrogen-bond acceptors (Lipinski definition) is 1. The molecule has 0 amide bonds. The van der Waals surface area contributed by atoms with E-state index in [0.717, 1.165) is 22.9 Å². The van der Waals surface area contributed by atoms with Gasteiger partial charge in [0.2, 0.25) is 0 Å². The van der Waals surface area contributed by atoms with Crippen molar-refractivity contribution >= 4 is 22.5 Å². The first-order chi connectivity index (χ1) is 9.01. The lowest BCUT2D eigenvalue weighted by atomic mass is 10.0. The van der Waals surface area contributed by atoms with Gasteiger partial charge in [0.15, 0.2) is 0 Å². The minimum Gasteiger partial charge on any atom is -0.341 e. The van der Waals surface area contributed by atoms with E-state index in [2.05, 4.69) is 0 Å².